The molecule has 0 saturated carbocycles. The lowest BCUT2D eigenvalue weighted by molar-refractivity contribution is 0.102. The monoisotopic (exact) mass is 280 g/mol. The molecule has 21 heavy (non-hydrogen) atoms. The topological polar surface area (TPSA) is 98.7 Å². The molecule has 104 valence electrons. The van der Waals surface area contributed by atoms with E-state index in [0.717, 1.165) is 5.69 Å². The number of rotatable bonds is 3. The first-order valence-electron chi connectivity index (χ1n) is 6.21. The number of hydrogen-bond donors (Lipinski definition) is 2. The maximum absolute atomic E-state index is 12.1. The van der Waals surface area contributed by atoms with Crippen LogP contribution in [0.4, 0.5) is 11.5 Å². The number of hydrogen-bond acceptors (Lipinski definition) is 5. The van der Waals surface area contributed by atoms with Crippen molar-refractivity contribution in [1.29, 1.82) is 0 Å². The molecular formula is C14H12N6O. The normalized spacial score (nSPS) is 10.3. The molecule has 0 aliphatic carbocycles. The van der Waals surface area contributed by atoms with E-state index >= 15 is 0 Å². The van der Waals surface area contributed by atoms with Gasteiger partial charge in [0.15, 0.2) is 0 Å². The Morgan fingerprint density at radius 3 is 2.62 bits per heavy atom. The molecule has 2 heterocycles. The fourth-order valence-electron chi connectivity index (χ4n) is 1.82. The zero-order valence-corrected chi connectivity index (χ0v) is 11.0. The van der Waals surface area contributed by atoms with Crippen molar-refractivity contribution in [2.75, 3.05) is 11.1 Å². The van der Waals surface area contributed by atoms with Crippen LogP contribution < -0.4 is 11.1 Å². The number of benzene rings is 1. The minimum Gasteiger partial charge on any atom is -0.399 e. The Labute approximate surface area is 120 Å². The Kier molecular flexibility index (Phi) is 3.30. The molecule has 3 N–H and O–H groups in total. The number of nitrogens with zero attached hydrogens (tertiary/aromatic N) is 4. The van der Waals surface area contributed by atoms with E-state index in [-0.39, 0.29) is 11.6 Å². The van der Waals surface area contributed by atoms with Crippen LogP contribution in [-0.2, 0) is 0 Å². The smallest absolute Gasteiger partial charge is 0.277 e. The summed E-state index contributed by atoms with van der Waals surface area (Å²) in [6.07, 6.45) is 5.98. The molecule has 0 atom stereocenters. The molecule has 1 amide bonds. The second-order valence-electron chi connectivity index (χ2n) is 4.26. The number of nitrogen functional groups attached to an aromatic ring is 1. The van der Waals surface area contributed by atoms with Crippen molar-refractivity contribution in [2.24, 2.45) is 0 Å². The Morgan fingerprint density at radius 2 is 1.90 bits per heavy atom. The third-order valence-electron chi connectivity index (χ3n) is 2.82. The summed E-state index contributed by atoms with van der Waals surface area (Å²) < 4.78 is 1.60. The lowest BCUT2D eigenvalue weighted by Crippen LogP contribution is -2.16. The van der Waals surface area contributed by atoms with E-state index in [9.17, 15) is 4.79 Å². The third-order valence-corrected chi connectivity index (χ3v) is 2.82. The molecule has 3 aromatic rings. The average molecular weight is 280 g/mol. The van der Waals surface area contributed by atoms with Gasteiger partial charge in [-0.1, -0.05) is 0 Å². The summed E-state index contributed by atoms with van der Waals surface area (Å²) in [4.78, 5) is 19.9. The zero-order chi connectivity index (χ0) is 14.7. The van der Waals surface area contributed by atoms with Crippen LogP contribution in [0.15, 0.2) is 55.1 Å². The Bertz CT molecular complexity index is 751. The zero-order valence-electron chi connectivity index (χ0n) is 11.0. The molecule has 0 aliphatic rings. The number of nitrogens with one attached hydrogen (secondary N) is 1. The van der Waals surface area contributed by atoms with Gasteiger partial charge in [0.2, 0.25) is 0 Å². The fraction of sp³-hybridized carbons (Fsp3) is 0. The van der Waals surface area contributed by atoms with Crippen LogP contribution in [0.1, 0.15) is 10.5 Å². The minimum absolute atomic E-state index is 0.238. The highest BCUT2D eigenvalue weighted by Gasteiger charge is 2.11. The highest BCUT2D eigenvalue weighted by Crippen LogP contribution is 2.16. The molecule has 0 bridgehead atoms. The molecule has 0 saturated heterocycles. The first kappa shape index (κ1) is 12.8. The third kappa shape index (κ3) is 2.71. The van der Waals surface area contributed by atoms with Crippen LogP contribution in [0.3, 0.4) is 0 Å². The number of carbonyl (C=O) groups is 1. The Hall–Kier alpha value is -3.22. The average Bonchev–Trinajstić information content (AvgIpc) is 2.97. The summed E-state index contributed by atoms with van der Waals surface area (Å²) in [7, 11) is 0. The van der Waals surface area contributed by atoms with E-state index in [1.807, 2.05) is 12.1 Å². The van der Waals surface area contributed by atoms with Gasteiger partial charge in [-0.05, 0) is 24.3 Å². The minimum atomic E-state index is -0.347. The summed E-state index contributed by atoms with van der Waals surface area (Å²) in [5, 5.41) is 6.94. The maximum Gasteiger partial charge on any atom is 0.277 e. The van der Waals surface area contributed by atoms with Gasteiger partial charge in [-0.3, -0.25) is 9.78 Å². The van der Waals surface area contributed by atoms with Gasteiger partial charge in [0.1, 0.15) is 11.5 Å². The quantitative estimate of drug-likeness (QED) is 0.708. The Morgan fingerprint density at radius 1 is 1.10 bits per heavy atom. The predicted octanol–water partition coefficient (Wildman–Crippen LogP) is 1.50. The predicted molar refractivity (Wildman–Crippen MR) is 78.0 cm³/mol. The van der Waals surface area contributed by atoms with Crippen molar-refractivity contribution < 1.29 is 4.79 Å². The van der Waals surface area contributed by atoms with Crippen molar-refractivity contribution >= 4 is 17.4 Å². The number of aromatic nitrogens is 4. The van der Waals surface area contributed by atoms with Crippen molar-refractivity contribution in [3.63, 3.8) is 0 Å². The standard InChI is InChI=1S/C14H12N6O/c15-10-1-3-11(4-2-10)20-13(5-6-18-20)19-14(21)12-9-16-7-8-17-12/h1-9H,15H2,(H,19,21). The Balaban J connectivity index is 1.86. The SMILES string of the molecule is Nc1ccc(-n2nccc2NC(=O)c2cnccn2)cc1. The van der Waals surface area contributed by atoms with Gasteiger partial charge in [0.05, 0.1) is 18.1 Å². The van der Waals surface area contributed by atoms with Crippen LogP contribution in [0.5, 0.6) is 0 Å². The molecule has 7 heteroatoms. The number of anilines is 2. The lowest BCUT2D eigenvalue weighted by atomic mass is 10.3. The molecule has 0 spiro atoms. The van der Waals surface area contributed by atoms with Gasteiger partial charge in [0, 0.05) is 24.1 Å². The highest BCUT2D eigenvalue weighted by molar-refractivity contribution is 6.02. The first-order valence-corrected chi connectivity index (χ1v) is 6.21. The van der Waals surface area contributed by atoms with E-state index in [1.54, 1.807) is 29.1 Å². The van der Waals surface area contributed by atoms with E-state index in [4.69, 9.17) is 5.73 Å². The number of carbonyl (C=O) groups excluding carboxylic acids is 1. The van der Waals surface area contributed by atoms with E-state index in [0.29, 0.717) is 11.5 Å². The van der Waals surface area contributed by atoms with Crippen LogP contribution in [-0.4, -0.2) is 25.7 Å². The van der Waals surface area contributed by atoms with Crippen LogP contribution in [0.2, 0.25) is 0 Å². The van der Waals surface area contributed by atoms with Gasteiger partial charge >= 0.3 is 0 Å². The van der Waals surface area contributed by atoms with Crippen molar-refractivity contribution in [3.05, 3.63) is 60.8 Å². The summed E-state index contributed by atoms with van der Waals surface area (Å²) in [5.41, 5.74) is 7.36. The second-order valence-corrected chi connectivity index (χ2v) is 4.26. The van der Waals surface area contributed by atoms with Crippen LogP contribution in [0.25, 0.3) is 5.69 Å². The first-order chi connectivity index (χ1) is 10.2. The molecule has 0 aliphatic heterocycles. The van der Waals surface area contributed by atoms with E-state index < -0.39 is 0 Å². The van der Waals surface area contributed by atoms with Crippen molar-refractivity contribution in [3.8, 4) is 5.69 Å². The van der Waals surface area contributed by atoms with Gasteiger partial charge in [-0.25, -0.2) is 9.67 Å². The van der Waals surface area contributed by atoms with Crippen molar-refractivity contribution in [1.82, 2.24) is 19.7 Å². The molecule has 0 fully saturated rings. The number of amides is 1. The summed E-state index contributed by atoms with van der Waals surface area (Å²) >= 11 is 0. The highest BCUT2D eigenvalue weighted by atomic mass is 16.2. The maximum atomic E-state index is 12.1. The van der Waals surface area contributed by atoms with Gasteiger partial charge in [-0.2, -0.15) is 5.10 Å². The summed E-state index contributed by atoms with van der Waals surface area (Å²) in [6.45, 7) is 0. The number of nitrogens with two attached hydrogens (primary N) is 1. The van der Waals surface area contributed by atoms with Crippen LogP contribution in [0, 0.1) is 0 Å². The molecule has 3 rings (SSSR count). The molecule has 0 radical (unpaired) electrons. The molecular weight excluding hydrogens is 268 g/mol. The second kappa shape index (κ2) is 5.41. The summed E-state index contributed by atoms with van der Waals surface area (Å²) in [6, 6.07) is 8.88. The van der Waals surface area contributed by atoms with E-state index in [2.05, 4.69) is 20.4 Å². The largest absolute Gasteiger partial charge is 0.399 e. The molecule has 1 aromatic carbocycles. The molecule has 2 aromatic heterocycles. The van der Waals surface area contributed by atoms with Gasteiger partial charge in [-0.15, -0.1) is 0 Å². The lowest BCUT2D eigenvalue weighted by Gasteiger charge is -2.08. The van der Waals surface area contributed by atoms with Gasteiger partial charge < -0.3 is 11.1 Å². The van der Waals surface area contributed by atoms with Crippen molar-refractivity contribution in [2.45, 2.75) is 0 Å². The van der Waals surface area contributed by atoms with Crippen LogP contribution >= 0.6 is 0 Å². The molecule has 0 unspecified atom stereocenters. The van der Waals surface area contributed by atoms with Gasteiger partial charge in [0.25, 0.3) is 5.91 Å². The summed E-state index contributed by atoms with van der Waals surface area (Å²) in [5.74, 6) is 0.190. The molecule has 7 nitrogen and oxygen atoms in total. The fourth-order valence-corrected chi connectivity index (χ4v) is 1.82. The van der Waals surface area contributed by atoms with E-state index in [1.165, 1.54) is 18.6 Å².